The Morgan fingerprint density at radius 3 is 2.82 bits per heavy atom. The maximum absolute atomic E-state index is 12.6. The number of carbonyl (C=O) groups excluding carboxylic acids is 1. The maximum Gasteiger partial charge on any atom is 0.339 e. The Bertz CT molecular complexity index is 486. The third kappa shape index (κ3) is 3.09. The summed E-state index contributed by atoms with van der Waals surface area (Å²) in [5.74, 6) is -0.738. The van der Waals surface area contributed by atoms with E-state index in [4.69, 9.17) is 10.00 Å². The SMILES string of the molecule is CCOC(=O)c1cc(C#N)nc(C(F)F)c1I. The van der Waals surface area contributed by atoms with Crippen LogP contribution < -0.4 is 0 Å². The van der Waals surface area contributed by atoms with E-state index in [1.165, 1.54) is 0 Å². The normalized spacial score (nSPS) is 10.1. The molecule has 0 saturated carbocycles. The zero-order valence-electron chi connectivity index (χ0n) is 8.71. The van der Waals surface area contributed by atoms with Crippen molar-refractivity contribution in [2.24, 2.45) is 0 Å². The number of rotatable bonds is 3. The van der Waals surface area contributed by atoms with Gasteiger partial charge >= 0.3 is 5.97 Å². The van der Waals surface area contributed by atoms with Gasteiger partial charge in [-0.15, -0.1) is 0 Å². The number of hydrogen-bond acceptors (Lipinski definition) is 4. The molecule has 0 aromatic carbocycles. The standard InChI is InChI=1S/C10H7F2IN2O2/c1-2-17-10(16)6-3-5(4-14)15-8(7(6)13)9(11)12/h3,9H,2H2,1H3. The molecule has 0 saturated heterocycles. The summed E-state index contributed by atoms with van der Waals surface area (Å²) < 4.78 is 30.0. The van der Waals surface area contributed by atoms with E-state index in [-0.39, 0.29) is 21.4 Å². The Morgan fingerprint density at radius 1 is 1.71 bits per heavy atom. The second kappa shape index (κ2) is 5.86. The minimum Gasteiger partial charge on any atom is -0.462 e. The van der Waals surface area contributed by atoms with Gasteiger partial charge in [0, 0.05) is 0 Å². The van der Waals surface area contributed by atoms with Crippen LogP contribution in [0.3, 0.4) is 0 Å². The average Bonchev–Trinajstić information content (AvgIpc) is 2.29. The van der Waals surface area contributed by atoms with Crippen molar-refractivity contribution >= 4 is 28.6 Å². The summed E-state index contributed by atoms with van der Waals surface area (Å²) in [5.41, 5.74) is -0.870. The number of carbonyl (C=O) groups is 1. The zero-order chi connectivity index (χ0) is 13.0. The highest BCUT2D eigenvalue weighted by atomic mass is 127. The quantitative estimate of drug-likeness (QED) is 0.620. The molecule has 0 aliphatic rings. The summed E-state index contributed by atoms with van der Waals surface area (Å²) in [4.78, 5) is 15.0. The van der Waals surface area contributed by atoms with Gasteiger partial charge in [0.05, 0.1) is 15.7 Å². The van der Waals surface area contributed by atoms with Crippen molar-refractivity contribution in [3.8, 4) is 6.07 Å². The van der Waals surface area contributed by atoms with Crippen molar-refractivity contribution in [2.75, 3.05) is 6.61 Å². The zero-order valence-corrected chi connectivity index (χ0v) is 10.9. The summed E-state index contributed by atoms with van der Waals surface area (Å²) in [7, 11) is 0. The number of aromatic nitrogens is 1. The molecule has 0 spiro atoms. The summed E-state index contributed by atoms with van der Waals surface area (Å²) >= 11 is 1.59. The third-order valence-electron chi connectivity index (χ3n) is 1.80. The van der Waals surface area contributed by atoms with Gasteiger partial charge in [-0.2, -0.15) is 5.26 Å². The van der Waals surface area contributed by atoms with Gasteiger partial charge in [0.25, 0.3) is 6.43 Å². The molecule has 17 heavy (non-hydrogen) atoms. The molecule has 4 nitrogen and oxygen atoms in total. The second-order valence-electron chi connectivity index (χ2n) is 2.89. The fraction of sp³-hybridized carbons (Fsp3) is 0.300. The van der Waals surface area contributed by atoms with Gasteiger partial charge < -0.3 is 4.74 Å². The number of pyridine rings is 1. The van der Waals surface area contributed by atoms with E-state index in [1.807, 2.05) is 0 Å². The Balaban J connectivity index is 3.35. The molecule has 1 aromatic rings. The summed E-state index contributed by atoms with van der Waals surface area (Å²) in [5, 5.41) is 8.66. The van der Waals surface area contributed by atoms with E-state index < -0.39 is 18.1 Å². The molecule has 1 heterocycles. The van der Waals surface area contributed by atoms with Gasteiger partial charge in [0.1, 0.15) is 17.5 Å². The number of nitrogens with zero attached hydrogens (tertiary/aromatic N) is 2. The lowest BCUT2D eigenvalue weighted by Gasteiger charge is -2.08. The molecule has 0 aliphatic carbocycles. The number of halogens is 3. The molecule has 0 fully saturated rings. The van der Waals surface area contributed by atoms with Crippen molar-refractivity contribution in [2.45, 2.75) is 13.3 Å². The summed E-state index contributed by atoms with van der Waals surface area (Å²) in [6.45, 7) is 1.73. The van der Waals surface area contributed by atoms with Crippen molar-refractivity contribution < 1.29 is 18.3 Å². The van der Waals surface area contributed by atoms with Gasteiger partial charge in [-0.1, -0.05) is 0 Å². The molecule has 0 atom stereocenters. The van der Waals surface area contributed by atoms with Crippen LogP contribution in [0.1, 0.15) is 35.1 Å². The number of esters is 1. The van der Waals surface area contributed by atoms with Crippen molar-refractivity contribution in [1.29, 1.82) is 5.26 Å². The van der Waals surface area contributed by atoms with Crippen LogP contribution in [0.4, 0.5) is 8.78 Å². The van der Waals surface area contributed by atoms with Crippen LogP contribution in [0, 0.1) is 14.9 Å². The molecule has 0 radical (unpaired) electrons. The van der Waals surface area contributed by atoms with Crippen LogP contribution in [0.25, 0.3) is 0 Å². The van der Waals surface area contributed by atoms with Crippen LogP contribution in [0.15, 0.2) is 6.07 Å². The van der Waals surface area contributed by atoms with Gasteiger partial charge in [-0.25, -0.2) is 18.6 Å². The monoisotopic (exact) mass is 352 g/mol. The van der Waals surface area contributed by atoms with Gasteiger partial charge in [-0.05, 0) is 35.6 Å². The molecule has 90 valence electrons. The lowest BCUT2D eigenvalue weighted by atomic mass is 10.2. The van der Waals surface area contributed by atoms with Gasteiger partial charge in [0.2, 0.25) is 0 Å². The van der Waals surface area contributed by atoms with E-state index in [2.05, 4.69) is 4.98 Å². The lowest BCUT2D eigenvalue weighted by Crippen LogP contribution is -2.11. The van der Waals surface area contributed by atoms with Crippen molar-refractivity contribution in [1.82, 2.24) is 4.98 Å². The molecule has 7 heteroatoms. The first-order valence-electron chi connectivity index (χ1n) is 4.57. The highest BCUT2D eigenvalue weighted by Gasteiger charge is 2.22. The molecule has 0 amide bonds. The average molecular weight is 352 g/mol. The fourth-order valence-corrected chi connectivity index (χ4v) is 1.84. The molecule has 0 unspecified atom stereocenters. The van der Waals surface area contributed by atoms with Crippen LogP contribution in [0.5, 0.6) is 0 Å². The highest BCUT2D eigenvalue weighted by molar-refractivity contribution is 14.1. The topological polar surface area (TPSA) is 63.0 Å². The van der Waals surface area contributed by atoms with Crippen molar-refractivity contribution in [3.63, 3.8) is 0 Å². The largest absolute Gasteiger partial charge is 0.462 e. The smallest absolute Gasteiger partial charge is 0.339 e. The predicted octanol–water partition coefficient (Wildman–Crippen LogP) is 2.67. The van der Waals surface area contributed by atoms with Crippen molar-refractivity contribution in [3.05, 3.63) is 26.6 Å². The molecule has 0 N–H and O–H groups in total. The van der Waals surface area contributed by atoms with Gasteiger partial charge in [-0.3, -0.25) is 0 Å². The van der Waals surface area contributed by atoms with E-state index in [9.17, 15) is 13.6 Å². The first-order valence-corrected chi connectivity index (χ1v) is 5.65. The number of alkyl halides is 2. The van der Waals surface area contributed by atoms with Crippen LogP contribution in [-0.4, -0.2) is 17.6 Å². The molecule has 1 rings (SSSR count). The summed E-state index contributed by atoms with van der Waals surface area (Å²) in [6.07, 6.45) is -2.84. The molecular weight excluding hydrogens is 345 g/mol. The Labute approximate surface area is 110 Å². The highest BCUT2D eigenvalue weighted by Crippen LogP contribution is 2.26. The Hall–Kier alpha value is -1.30. The summed E-state index contributed by atoms with van der Waals surface area (Å²) in [6, 6.07) is 2.78. The molecular formula is C10H7F2IN2O2. The molecule has 0 bridgehead atoms. The van der Waals surface area contributed by atoms with Gasteiger partial charge in [0.15, 0.2) is 0 Å². The van der Waals surface area contributed by atoms with E-state index in [0.29, 0.717) is 0 Å². The fourth-order valence-electron chi connectivity index (χ4n) is 1.11. The Kier molecular flexibility index (Phi) is 4.74. The number of nitriles is 1. The maximum atomic E-state index is 12.6. The van der Waals surface area contributed by atoms with E-state index >= 15 is 0 Å². The van der Waals surface area contributed by atoms with E-state index in [1.54, 1.807) is 35.6 Å². The molecule has 1 aromatic heterocycles. The minimum absolute atomic E-state index is 0.00931. The van der Waals surface area contributed by atoms with E-state index in [0.717, 1.165) is 6.07 Å². The second-order valence-corrected chi connectivity index (χ2v) is 3.97. The number of ether oxygens (including phenoxy) is 1. The van der Waals surface area contributed by atoms with Crippen LogP contribution >= 0.6 is 22.6 Å². The first kappa shape index (κ1) is 13.8. The van der Waals surface area contributed by atoms with Crippen LogP contribution in [-0.2, 0) is 4.74 Å². The lowest BCUT2D eigenvalue weighted by molar-refractivity contribution is 0.0524. The number of hydrogen-bond donors (Lipinski definition) is 0. The predicted molar refractivity (Wildman–Crippen MR) is 62.6 cm³/mol. The molecule has 0 aliphatic heterocycles. The third-order valence-corrected chi connectivity index (χ3v) is 2.93. The van der Waals surface area contributed by atoms with Crippen LogP contribution in [0.2, 0.25) is 0 Å². The Morgan fingerprint density at radius 2 is 2.35 bits per heavy atom. The first-order chi connectivity index (χ1) is 8.01. The minimum atomic E-state index is -2.84.